The zero-order chi connectivity index (χ0) is 54.6. The lowest BCUT2D eigenvalue weighted by atomic mass is 9.98. The van der Waals surface area contributed by atoms with E-state index < -0.39 is 200 Å². The van der Waals surface area contributed by atoms with E-state index in [4.69, 9.17) is 47.4 Å². The molecule has 0 amide bonds. The number of rotatable bonds is 31. The molecule has 0 bridgehead atoms. The summed E-state index contributed by atoms with van der Waals surface area (Å²) in [5.41, 5.74) is 0.352. The van der Waals surface area contributed by atoms with Crippen LogP contribution in [0, 0.1) is 5.82 Å². The van der Waals surface area contributed by atoms with Crippen LogP contribution in [0.1, 0.15) is 32.7 Å². The van der Waals surface area contributed by atoms with Gasteiger partial charge in [-0.1, -0.05) is 0 Å². The molecular weight excluding hydrogens is 1000 g/mol. The number of ether oxygens (including phenoxy) is 10. The van der Waals surface area contributed by atoms with Gasteiger partial charge in [0.05, 0.1) is 69.0 Å². The second-order valence-electron chi connectivity index (χ2n) is 17.0. The molecule has 1 aromatic heterocycles. The number of aromatic nitrogens is 2. The fourth-order valence-corrected chi connectivity index (χ4v) is 7.42. The van der Waals surface area contributed by atoms with E-state index >= 15 is 0 Å². The summed E-state index contributed by atoms with van der Waals surface area (Å²) in [4.78, 5) is 6.65. The molecule has 424 valence electrons. The van der Waals surface area contributed by atoms with Crippen LogP contribution < -0.4 is 0 Å². The van der Waals surface area contributed by atoms with Gasteiger partial charge in [0.2, 0.25) is 37.7 Å². The lowest BCUT2D eigenvalue weighted by Crippen LogP contribution is -2.62. The average molecular weight is 1070 g/mol. The van der Waals surface area contributed by atoms with Crippen molar-refractivity contribution in [1.82, 2.24) is 9.97 Å². The van der Waals surface area contributed by atoms with Gasteiger partial charge in [0.1, 0.15) is 97.1 Å². The van der Waals surface area contributed by atoms with Gasteiger partial charge >= 0.3 is 0 Å². The van der Waals surface area contributed by atoms with E-state index in [1.165, 1.54) is 19.9 Å². The van der Waals surface area contributed by atoms with Crippen LogP contribution in [0.15, 0.2) is 18.2 Å². The number of hydrogen-bond donors (Lipinski definition) is 20. The van der Waals surface area contributed by atoms with Crippen molar-refractivity contribution in [3.05, 3.63) is 29.8 Å². The van der Waals surface area contributed by atoms with Gasteiger partial charge in [-0.3, -0.25) is 0 Å². The zero-order valence-electron chi connectivity index (χ0n) is 39.3. The fourth-order valence-electron chi connectivity index (χ4n) is 7.42. The van der Waals surface area contributed by atoms with Gasteiger partial charge in [-0.25, -0.2) is 9.37 Å². The van der Waals surface area contributed by atoms with Crippen molar-refractivity contribution in [2.24, 2.45) is 0 Å². The first kappa shape index (κ1) is 63.0. The molecule has 2 fully saturated rings. The summed E-state index contributed by atoms with van der Waals surface area (Å²) in [5.74, 6) is -0.917. The standard InChI is InChI=1S/C41H69FN2O29/c1-13(64-37-30(56)27(53)25(51)22(10-48)70-37)19(7-45)67-39(34(58)59)66-15(3)21(9-47)69-41(36(62)63)73-32-24(12-50)72-38(31(57)28(32)54)65-14(2)20(8-46)68-40(35(60)61)71-23(11-49)26(52)29(55)33-43-17-5-4-16(42)6-18(17)44-33/h4-6,13-15,19-32,34-41,45-63H,7-12H2,1-3H3,(H,43,44)/t13-,14-,15-,19?,20?,21?,22?,23?,24?,25?,26?,27?,28?,29?,30?,31?,32?,37?,38?,39?,40?,41?/m0/s1. The number of nitrogens with one attached hydrogen (secondary N) is 1. The smallest absolute Gasteiger partial charge is 0.209 e. The van der Waals surface area contributed by atoms with Gasteiger partial charge in [0, 0.05) is 0 Å². The van der Waals surface area contributed by atoms with E-state index in [2.05, 4.69) is 9.97 Å². The van der Waals surface area contributed by atoms with Crippen LogP contribution in [0.25, 0.3) is 11.0 Å². The third-order valence-electron chi connectivity index (χ3n) is 11.7. The van der Waals surface area contributed by atoms with Crippen molar-refractivity contribution < 1.29 is 149 Å². The molecule has 19 unspecified atom stereocenters. The Morgan fingerprint density at radius 1 is 0.548 bits per heavy atom. The molecule has 2 aromatic rings. The summed E-state index contributed by atoms with van der Waals surface area (Å²) < 4.78 is 68.5. The SMILES string of the molecule is C[C@H](OC(OC(CO)[C@H](C)OC1OC(CO)C(O)C(O)C1O)C(O)O)C(CO)OC(OC1C(CO)OC(O[C@@H](C)C(CO)OC(OC(CO)C(O)C(O)c2nc3ccc(F)cc3[nH]2)C(O)O)C(O)C1O)C(O)O. The van der Waals surface area contributed by atoms with Gasteiger partial charge in [-0.15, -0.1) is 0 Å². The van der Waals surface area contributed by atoms with Crippen molar-refractivity contribution in [2.75, 3.05) is 39.6 Å². The molecule has 4 rings (SSSR count). The van der Waals surface area contributed by atoms with Gasteiger partial charge in [-0.2, -0.15) is 0 Å². The molecule has 32 heteroatoms. The van der Waals surface area contributed by atoms with E-state index in [0.29, 0.717) is 0 Å². The molecule has 0 aliphatic carbocycles. The van der Waals surface area contributed by atoms with Crippen molar-refractivity contribution >= 4 is 11.0 Å². The fraction of sp³-hybridized carbons (Fsp3) is 0.829. The van der Waals surface area contributed by atoms with Crippen molar-refractivity contribution in [3.63, 3.8) is 0 Å². The summed E-state index contributed by atoms with van der Waals surface area (Å²) in [6.07, 6.45) is -47.5. The normalized spacial score (nSPS) is 30.2. The Balaban J connectivity index is 1.37. The lowest BCUT2D eigenvalue weighted by molar-refractivity contribution is -0.368. The van der Waals surface area contributed by atoms with Crippen molar-refractivity contribution in [2.45, 2.75) is 175 Å². The van der Waals surface area contributed by atoms with Crippen LogP contribution in [0.2, 0.25) is 0 Å². The summed E-state index contributed by atoms with van der Waals surface area (Å²) in [6, 6.07) is 3.44. The second kappa shape index (κ2) is 29.3. The molecule has 20 N–H and O–H groups in total. The summed E-state index contributed by atoms with van der Waals surface area (Å²) >= 11 is 0. The van der Waals surface area contributed by atoms with Crippen LogP contribution in [0.4, 0.5) is 4.39 Å². The molecular formula is C41H69FN2O29. The number of halogens is 1. The third-order valence-corrected chi connectivity index (χ3v) is 11.7. The van der Waals surface area contributed by atoms with E-state index in [9.17, 15) is 101 Å². The Morgan fingerprint density at radius 3 is 1.49 bits per heavy atom. The predicted molar refractivity (Wildman–Crippen MR) is 229 cm³/mol. The maximum absolute atomic E-state index is 13.7. The quantitative estimate of drug-likeness (QED) is 0.0312. The summed E-state index contributed by atoms with van der Waals surface area (Å²) in [6.45, 7) is -2.21. The predicted octanol–water partition coefficient (Wildman–Crippen LogP) is -9.64. The summed E-state index contributed by atoms with van der Waals surface area (Å²) in [7, 11) is 0. The number of aromatic amines is 1. The molecule has 2 aliphatic rings. The molecule has 0 saturated carbocycles. The molecule has 22 atom stereocenters. The molecule has 0 spiro atoms. The highest BCUT2D eigenvalue weighted by Gasteiger charge is 2.50. The molecule has 0 radical (unpaired) electrons. The van der Waals surface area contributed by atoms with Crippen LogP contribution in [0.3, 0.4) is 0 Å². The van der Waals surface area contributed by atoms with E-state index in [1.54, 1.807) is 0 Å². The lowest BCUT2D eigenvalue weighted by Gasteiger charge is -2.44. The van der Waals surface area contributed by atoms with Crippen LogP contribution in [-0.4, -0.2) is 295 Å². The number of H-pyrrole nitrogens is 1. The first-order valence-electron chi connectivity index (χ1n) is 22.6. The molecule has 2 saturated heterocycles. The van der Waals surface area contributed by atoms with Crippen molar-refractivity contribution in [3.8, 4) is 0 Å². The molecule has 73 heavy (non-hydrogen) atoms. The van der Waals surface area contributed by atoms with Crippen LogP contribution in [0.5, 0.6) is 0 Å². The minimum absolute atomic E-state index is 0.148. The minimum atomic E-state index is -2.63. The van der Waals surface area contributed by atoms with Crippen molar-refractivity contribution in [1.29, 1.82) is 0 Å². The zero-order valence-corrected chi connectivity index (χ0v) is 39.3. The Kier molecular flexibility index (Phi) is 25.3. The highest BCUT2D eigenvalue weighted by Crippen LogP contribution is 2.30. The Morgan fingerprint density at radius 2 is 1.00 bits per heavy atom. The topological polar surface area (TPSA) is 505 Å². The third kappa shape index (κ3) is 16.5. The minimum Gasteiger partial charge on any atom is -0.394 e. The van der Waals surface area contributed by atoms with Crippen LogP contribution in [-0.2, 0) is 47.4 Å². The van der Waals surface area contributed by atoms with E-state index in [-0.39, 0.29) is 16.9 Å². The summed E-state index contributed by atoms with van der Waals surface area (Å²) in [5, 5.41) is 195. The first-order valence-corrected chi connectivity index (χ1v) is 22.6. The highest BCUT2D eigenvalue weighted by atomic mass is 19.1. The molecule has 1 aromatic carbocycles. The molecule has 3 heterocycles. The number of aliphatic hydroxyl groups excluding tert-OH is 16. The van der Waals surface area contributed by atoms with Gasteiger partial charge in [-0.05, 0) is 39.0 Å². The average Bonchev–Trinajstić information content (AvgIpc) is 3.78. The number of nitrogens with zero attached hydrogens (tertiary/aromatic N) is 1. The molecule has 31 nitrogen and oxygen atoms in total. The number of hydrogen-bond acceptors (Lipinski definition) is 30. The molecule has 2 aliphatic heterocycles. The van der Waals surface area contributed by atoms with Gasteiger partial charge in [0.25, 0.3) is 0 Å². The Hall–Kier alpha value is -2.54. The Bertz CT molecular complexity index is 1870. The Labute approximate surface area is 413 Å². The van der Waals surface area contributed by atoms with E-state index in [0.717, 1.165) is 19.1 Å². The van der Waals surface area contributed by atoms with Crippen LogP contribution >= 0.6 is 0 Å². The number of imidazole rings is 1. The second-order valence-corrected chi connectivity index (χ2v) is 17.0. The van der Waals surface area contributed by atoms with Gasteiger partial charge < -0.3 is 149 Å². The maximum Gasteiger partial charge on any atom is 0.209 e. The largest absolute Gasteiger partial charge is 0.394 e. The van der Waals surface area contributed by atoms with E-state index in [1.807, 2.05) is 0 Å². The number of fused-ring (bicyclic) bond motifs is 1. The maximum atomic E-state index is 13.7. The number of aliphatic hydroxyl groups is 19. The highest BCUT2D eigenvalue weighted by molar-refractivity contribution is 5.75. The monoisotopic (exact) mass is 1070 g/mol. The first-order chi connectivity index (χ1) is 34.4. The van der Waals surface area contributed by atoms with Gasteiger partial charge in [0.15, 0.2) is 12.6 Å². The number of benzene rings is 1.